The first-order valence-electron chi connectivity index (χ1n) is 10.4. The average molecular weight is 466 g/mol. The second-order valence-electron chi connectivity index (χ2n) is 7.65. The Morgan fingerprint density at radius 2 is 1.67 bits per heavy atom. The first kappa shape index (κ1) is 23.0. The Labute approximate surface area is 191 Å². The molecule has 0 amide bonds. The molecule has 0 bridgehead atoms. The smallest absolute Gasteiger partial charge is 0.161 e. The topological polar surface area (TPSA) is 117 Å². The molecule has 9 heteroatoms. The number of ether oxygens (including phenoxy) is 2. The summed E-state index contributed by atoms with van der Waals surface area (Å²) in [4.78, 5) is 31.1. The summed E-state index contributed by atoms with van der Waals surface area (Å²) >= 11 is 0. The number of rotatable bonds is 8. The molecule has 0 N–H and O–H groups in total. The highest BCUT2D eigenvalue weighted by Gasteiger charge is 2.14. The summed E-state index contributed by atoms with van der Waals surface area (Å²) in [5.74, 6) is 1.25. The van der Waals surface area contributed by atoms with Gasteiger partial charge in [0.15, 0.2) is 11.5 Å². The predicted molar refractivity (Wildman–Crippen MR) is 122 cm³/mol. The third-order valence-electron chi connectivity index (χ3n) is 5.36. The summed E-state index contributed by atoms with van der Waals surface area (Å²) in [5.41, 5.74) is 3.54. The van der Waals surface area contributed by atoms with E-state index in [0.29, 0.717) is 28.8 Å². The summed E-state index contributed by atoms with van der Waals surface area (Å²) in [5, 5.41) is 2.69. The molecule has 0 atom stereocenters. The van der Waals surface area contributed by atoms with E-state index in [-0.39, 0.29) is 5.75 Å². The van der Waals surface area contributed by atoms with Gasteiger partial charge in [0, 0.05) is 35.3 Å². The summed E-state index contributed by atoms with van der Waals surface area (Å²) in [7, 11) is -1.92. The number of aromatic nitrogens is 2. The molecule has 0 saturated heterocycles. The molecule has 0 unspecified atom stereocenters. The van der Waals surface area contributed by atoms with Gasteiger partial charge in [0.1, 0.15) is 13.6 Å². The summed E-state index contributed by atoms with van der Waals surface area (Å²) < 4.78 is 26.4. The van der Waals surface area contributed by atoms with E-state index in [1.54, 1.807) is 26.5 Å². The Morgan fingerprint density at radius 3 is 2.33 bits per heavy atom. The van der Waals surface area contributed by atoms with Gasteiger partial charge in [-0.3, -0.25) is 9.97 Å². The third kappa shape index (κ3) is 5.09. The van der Waals surface area contributed by atoms with Crippen LogP contribution in [0.1, 0.15) is 30.2 Å². The van der Waals surface area contributed by atoms with Crippen LogP contribution in [0.4, 0.5) is 0 Å². The van der Waals surface area contributed by atoms with Crippen molar-refractivity contribution in [3.8, 4) is 17.2 Å². The molecule has 172 valence electrons. The number of phosphoric acid groups is 1. The van der Waals surface area contributed by atoms with Gasteiger partial charge >= 0.3 is 0 Å². The van der Waals surface area contributed by atoms with Crippen molar-refractivity contribution in [3.63, 3.8) is 0 Å². The van der Waals surface area contributed by atoms with Crippen LogP contribution < -0.4 is 23.8 Å². The molecule has 2 heterocycles. The molecule has 0 aliphatic heterocycles. The van der Waals surface area contributed by atoms with E-state index in [1.165, 1.54) is 12.1 Å². The molecule has 33 heavy (non-hydrogen) atoms. The van der Waals surface area contributed by atoms with Crippen LogP contribution in [0.2, 0.25) is 0 Å². The zero-order valence-corrected chi connectivity index (χ0v) is 19.4. The van der Waals surface area contributed by atoms with Crippen LogP contribution in [0, 0.1) is 0 Å². The van der Waals surface area contributed by atoms with Gasteiger partial charge in [-0.15, -0.1) is 0 Å². The Hall–Kier alpha value is -3.19. The van der Waals surface area contributed by atoms with Crippen LogP contribution in [-0.4, -0.2) is 24.2 Å². The molecule has 0 saturated carbocycles. The molecule has 4 rings (SSSR count). The number of nitrogens with zero attached hydrogens (tertiary/aromatic N) is 2. The van der Waals surface area contributed by atoms with Crippen LogP contribution in [0.5, 0.6) is 17.2 Å². The van der Waals surface area contributed by atoms with Crippen LogP contribution in [0.15, 0.2) is 48.8 Å². The number of pyridine rings is 2. The Kier molecular flexibility index (Phi) is 6.51. The van der Waals surface area contributed by atoms with Gasteiger partial charge in [-0.2, -0.15) is 0 Å². The van der Waals surface area contributed by atoms with E-state index >= 15 is 0 Å². The van der Waals surface area contributed by atoms with Gasteiger partial charge in [-0.1, -0.05) is 13.3 Å². The molecule has 2 aromatic heterocycles. The van der Waals surface area contributed by atoms with E-state index < -0.39 is 7.82 Å². The van der Waals surface area contributed by atoms with Crippen molar-refractivity contribution in [2.45, 2.75) is 26.2 Å². The molecule has 2 aromatic carbocycles. The number of fused-ring (bicyclic) bond motifs is 2. The molecular weight excluding hydrogens is 443 g/mol. The van der Waals surface area contributed by atoms with Crippen LogP contribution in [-0.2, 0) is 17.4 Å². The first-order valence-corrected chi connectivity index (χ1v) is 11.9. The molecule has 0 spiro atoms. The van der Waals surface area contributed by atoms with Crippen molar-refractivity contribution in [1.29, 1.82) is 0 Å². The van der Waals surface area contributed by atoms with Crippen molar-refractivity contribution in [1.82, 2.24) is 9.97 Å². The number of aryl methyl sites for hydroxylation is 1. The lowest BCUT2D eigenvalue weighted by Crippen LogP contribution is -2.18. The van der Waals surface area contributed by atoms with Gasteiger partial charge in [-0.05, 0) is 59.3 Å². The summed E-state index contributed by atoms with van der Waals surface area (Å²) in [6, 6.07) is 10.3. The summed E-state index contributed by atoms with van der Waals surface area (Å²) in [6.07, 6.45) is 5.99. The van der Waals surface area contributed by atoms with Crippen LogP contribution in [0.3, 0.4) is 0 Å². The van der Waals surface area contributed by atoms with E-state index in [1.807, 2.05) is 24.4 Å². The second-order valence-corrected chi connectivity index (χ2v) is 8.72. The van der Waals surface area contributed by atoms with Crippen LogP contribution in [0.25, 0.3) is 21.7 Å². The van der Waals surface area contributed by atoms with Crippen molar-refractivity contribution in [2.75, 3.05) is 14.2 Å². The molecule has 8 nitrogen and oxygen atoms in total. The van der Waals surface area contributed by atoms with Gasteiger partial charge in [0.2, 0.25) is 0 Å². The minimum atomic E-state index is -5.14. The molecule has 0 radical (unpaired) electrons. The molecule has 4 aromatic rings. The Balaban J connectivity index is 1.77. The first-order chi connectivity index (χ1) is 15.8. The molecule has 0 aliphatic carbocycles. The maximum atomic E-state index is 10.9. The number of hydrogen-bond donors (Lipinski definition) is 0. The van der Waals surface area contributed by atoms with E-state index in [0.717, 1.165) is 40.4 Å². The second kappa shape index (κ2) is 9.35. The van der Waals surface area contributed by atoms with E-state index in [9.17, 15) is 14.4 Å². The fourth-order valence-electron chi connectivity index (χ4n) is 3.91. The van der Waals surface area contributed by atoms with Crippen molar-refractivity contribution < 1.29 is 28.3 Å². The summed E-state index contributed by atoms with van der Waals surface area (Å²) in [6.45, 7) is 2.11. The fourth-order valence-corrected chi connectivity index (χ4v) is 4.28. The molecule has 0 aliphatic rings. The quantitative estimate of drug-likeness (QED) is 0.362. The number of hydrogen-bond acceptors (Lipinski definition) is 8. The normalized spacial score (nSPS) is 11.7. The highest BCUT2D eigenvalue weighted by Crippen LogP contribution is 2.36. The van der Waals surface area contributed by atoms with Gasteiger partial charge in [0.05, 0.1) is 19.7 Å². The van der Waals surface area contributed by atoms with Crippen LogP contribution >= 0.6 is 7.82 Å². The number of phosphoric ester groups is 1. The lowest BCUT2D eigenvalue weighted by molar-refractivity contribution is -0.333. The predicted octanol–water partition coefficient (Wildman–Crippen LogP) is 3.55. The standard InChI is InChI=1S/C24H25N2O6P/c1-4-5-22-20-12-24(31-3)23(30-2)11-19(20)17(14-26-22)9-15-8-16-10-18(32-33(27,28)29)6-7-21(16)25-13-15/h6-8,10-14H,4-5,9H2,1-3H3,(H2,27,28,29)/p-2. The van der Waals surface area contributed by atoms with Crippen molar-refractivity contribution in [2.24, 2.45) is 0 Å². The van der Waals surface area contributed by atoms with Crippen molar-refractivity contribution >= 4 is 29.5 Å². The molecule has 0 fully saturated rings. The Bertz CT molecular complexity index is 1370. The minimum absolute atomic E-state index is 0.0392. The fraction of sp³-hybridized carbons (Fsp3) is 0.250. The third-order valence-corrected chi connectivity index (χ3v) is 5.80. The zero-order valence-electron chi connectivity index (χ0n) is 18.5. The minimum Gasteiger partial charge on any atom is -0.780 e. The van der Waals surface area contributed by atoms with Crippen molar-refractivity contribution in [3.05, 3.63) is 65.6 Å². The SMILES string of the molecule is CCCc1ncc(Cc2cnc3ccc(OP(=O)([O-])[O-])cc3c2)c2cc(OC)c(OC)cc12. The highest BCUT2D eigenvalue weighted by atomic mass is 31.2. The van der Waals surface area contributed by atoms with E-state index in [4.69, 9.17) is 14.5 Å². The zero-order chi connectivity index (χ0) is 23.6. The van der Waals surface area contributed by atoms with Gasteiger partial charge < -0.3 is 28.3 Å². The number of benzene rings is 2. The van der Waals surface area contributed by atoms with E-state index in [2.05, 4.69) is 16.4 Å². The highest BCUT2D eigenvalue weighted by molar-refractivity contribution is 7.43. The molecular formula is C24H23N2O6P-2. The number of methoxy groups -OCH3 is 2. The van der Waals surface area contributed by atoms with Gasteiger partial charge in [0.25, 0.3) is 0 Å². The Morgan fingerprint density at radius 1 is 0.939 bits per heavy atom. The van der Waals surface area contributed by atoms with Gasteiger partial charge in [-0.25, -0.2) is 0 Å². The lowest BCUT2D eigenvalue weighted by Gasteiger charge is -2.29. The monoisotopic (exact) mass is 466 g/mol. The lowest BCUT2D eigenvalue weighted by atomic mass is 9.97. The maximum Gasteiger partial charge on any atom is 0.161 e. The maximum absolute atomic E-state index is 10.9. The largest absolute Gasteiger partial charge is 0.780 e. The average Bonchev–Trinajstić information content (AvgIpc) is 2.78.